The molecule has 0 N–H and O–H groups in total. The lowest BCUT2D eigenvalue weighted by Gasteiger charge is -2.07. The van der Waals surface area contributed by atoms with Crippen molar-refractivity contribution in [3.8, 4) is 0 Å². The van der Waals surface area contributed by atoms with Gasteiger partial charge in [-0.1, -0.05) is 110 Å². The molecule has 1 rings (SSSR count). The van der Waals surface area contributed by atoms with Crippen LogP contribution < -0.4 is 0 Å². The highest BCUT2D eigenvalue weighted by atomic mass is 17.4. The molecule has 1 aliphatic rings. The van der Waals surface area contributed by atoms with Crippen LogP contribution in [0.1, 0.15) is 136 Å². The van der Waals surface area contributed by atoms with Gasteiger partial charge in [0.2, 0.25) is 0 Å². The Morgan fingerprint density at radius 1 is 0.600 bits per heavy atom. The number of carbonyl (C=O) groups is 2. The molecule has 0 atom stereocenters. The van der Waals surface area contributed by atoms with Crippen LogP contribution in [-0.2, 0) is 29.1 Å². The summed E-state index contributed by atoms with van der Waals surface area (Å²) in [6.07, 6.45) is 20.6. The molecular formula is C24H44O6. The van der Waals surface area contributed by atoms with Crippen molar-refractivity contribution in [3.05, 3.63) is 0 Å². The maximum absolute atomic E-state index is 12.0. The van der Waals surface area contributed by atoms with Gasteiger partial charge in [0, 0.05) is 6.42 Å². The molecule has 0 radical (unpaired) electrons. The van der Waals surface area contributed by atoms with E-state index in [0.29, 0.717) is 6.42 Å². The Hall–Kier alpha value is -1.14. The van der Waals surface area contributed by atoms with Gasteiger partial charge < -0.3 is 0 Å². The second kappa shape index (κ2) is 17.5. The van der Waals surface area contributed by atoms with Crippen molar-refractivity contribution in [1.29, 1.82) is 0 Å². The molecule has 1 heterocycles. The standard InChI is InChI=1S/C24H44O6/c1-3-5-7-9-11-13-14-16-18-20-22(25)27-28-23(26)24(29-30-24)21-19-17-15-12-10-8-6-4-2/h3-21H2,1-2H3. The number of hydrogen-bond acceptors (Lipinski definition) is 6. The van der Waals surface area contributed by atoms with Gasteiger partial charge in [-0.3, -0.25) is 0 Å². The molecule has 0 saturated carbocycles. The quantitative estimate of drug-likeness (QED) is 0.0890. The number of rotatable bonds is 20. The monoisotopic (exact) mass is 428 g/mol. The first-order valence-electron chi connectivity index (χ1n) is 12.4. The molecule has 0 spiro atoms. The van der Waals surface area contributed by atoms with Gasteiger partial charge in [0.15, 0.2) is 0 Å². The third-order valence-corrected chi connectivity index (χ3v) is 5.65. The molecule has 0 aliphatic carbocycles. The minimum absolute atomic E-state index is 0.260. The molecule has 0 amide bonds. The number of hydrogen-bond donors (Lipinski definition) is 0. The lowest BCUT2D eigenvalue weighted by atomic mass is 10.0. The summed E-state index contributed by atoms with van der Waals surface area (Å²) >= 11 is 0. The van der Waals surface area contributed by atoms with Crippen molar-refractivity contribution in [1.82, 2.24) is 0 Å². The predicted octanol–water partition coefficient (Wildman–Crippen LogP) is 7.10. The minimum atomic E-state index is -1.36. The Labute approximate surface area is 183 Å². The van der Waals surface area contributed by atoms with E-state index in [1.165, 1.54) is 70.6 Å². The summed E-state index contributed by atoms with van der Waals surface area (Å²) in [6.45, 7) is 4.43. The molecule has 6 heteroatoms. The van der Waals surface area contributed by atoms with Crippen molar-refractivity contribution in [3.63, 3.8) is 0 Å². The van der Waals surface area contributed by atoms with Crippen LogP contribution in [0.15, 0.2) is 0 Å². The topological polar surface area (TPSA) is 77.7 Å². The first kappa shape index (κ1) is 26.9. The zero-order chi connectivity index (χ0) is 21.9. The lowest BCUT2D eigenvalue weighted by molar-refractivity contribution is -0.264. The molecule has 0 unspecified atom stereocenters. The second-order valence-corrected chi connectivity index (χ2v) is 8.55. The first-order chi connectivity index (χ1) is 14.6. The largest absolute Gasteiger partial charge is 0.420 e. The van der Waals surface area contributed by atoms with E-state index >= 15 is 0 Å². The van der Waals surface area contributed by atoms with E-state index in [2.05, 4.69) is 23.6 Å². The van der Waals surface area contributed by atoms with Crippen LogP contribution in [0.2, 0.25) is 0 Å². The van der Waals surface area contributed by atoms with Crippen LogP contribution >= 0.6 is 0 Å². The molecule has 0 aromatic carbocycles. The van der Waals surface area contributed by atoms with E-state index in [9.17, 15) is 9.59 Å². The fourth-order valence-electron chi connectivity index (χ4n) is 3.56. The highest BCUT2D eigenvalue weighted by Crippen LogP contribution is 2.36. The molecule has 0 aromatic rings. The van der Waals surface area contributed by atoms with Gasteiger partial charge in [-0.25, -0.2) is 19.4 Å². The third kappa shape index (κ3) is 13.2. The van der Waals surface area contributed by atoms with Crippen LogP contribution in [0.3, 0.4) is 0 Å². The predicted molar refractivity (Wildman–Crippen MR) is 116 cm³/mol. The maximum atomic E-state index is 12.0. The summed E-state index contributed by atoms with van der Waals surface area (Å²) in [5, 5.41) is 0. The SMILES string of the molecule is CCCCCCCCCCCC(=O)OOC(=O)C1(CCCCCCCCCC)OO1. The third-order valence-electron chi connectivity index (χ3n) is 5.65. The maximum Gasteiger partial charge on any atom is 0.420 e. The molecule has 30 heavy (non-hydrogen) atoms. The van der Waals surface area contributed by atoms with Crippen LogP contribution in [0.25, 0.3) is 0 Å². The Kier molecular flexibility index (Phi) is 15.7. The van der Waals surface area contributed by atoms with E-state index in [0.717, 1.165) is 38.5 Å². The van der Waals surface area contributed by atoms with Gasteiger partial charge in [-0.15, -0.1) is 0 Å². The van der Waals surface area contributed by atoms with Crippen molar-refractivity contribution < 1.29 is 29.1 Å². The summed E-state index contributed by atoms with van der Waals surface area (Å²) in [5.74, 6) is -2.65. The highest BCUT2D eigenvalue weighted by molar-refractivity contribution is 5.79. The van der Waals surface area contributed by atoms with E-state index in [4.69, 9.17) is 9.78 Å². The van der Waals surface area contributed by atoms with E-state index in [1.807, 2.05) is 0 Å². The summed E-state index contributed by atoms with van der Waals surface area (Å²) < 4.78 is 0. The minimum Gasteiger partial charge on any atom is -0.247 e. The highest BCUT2D eigenvalue weighted by Gasteiger charge is 2.59. The van der Waals surface area contributed by atoms with Crippen molar-refractivity contribution in [2.75, 3.05) is 0 Å². The van der Waals surface area contributed by atoms with Crippen molar-refractivity contribution in [2.45, 2.75) is 142 Å². The van der Waals surface area contributed by atoms with Gasteiger partial charge in [0.25, 0.3) is 0 Å². The summed E-state index contributed by atoms with van der Waals surface area (Å²) in [5.41, 5.74) is 0. The summed E-state index contributed by atoms with van der Waals surface area (Å²) in [4.78, 5) is 42.7. The second-order valence-electron chi connectivity index (χ2n) is 8.55. The molecule has 1 fully saturated rings. The van der Waals surface area contributed by atoms with E-state index in [1.54, 1.807) is 0 Å². The Balaban J connectivity index is 1.97. The van der Waals surface area contributed by atoms with Gasteiger partial charge in [0.1, 0.15) is 0 Å². The molecule has 1 aliphatic heterocycles. The van der Waals surface area contributed by atoms with Gasteiger partial charge in [-0.05, 0) is 12.8 Å². The fourth-order valence-corrected chi connectivity index (χ4v) is 3.56. The average molecular weight is 429 g/mol. The van der Waals surface area contributed by atoms with Crippen molar-refractivity contribution in [2.24, 2.45) is 0 Å². The molecule has 176 valence electrons. The van der Waals surface area contributed by atoms with Gasteiger partial charge in [0.05, 0.1) is 6.42 Å². The lowest BCUT2D eigenvalue weighted by Crippen LogP contribution is -2.27. The Morgan fingerprint density at radius 3 is 1.50 bits per heavy atom. The smallest absolute Gasteiger partial charge is 0.247 e. The van der Waals surface area contributed by atoms with Gasteiger partial charge >= 0.3 is 17.7 Å². The van der Waals surface area contributed by atoms with Crippen LogP contribution in [0.5, 0.6) is 0 Å². The Bertz CT molecular complexity index is 447. The molecule has 0 bridgehead atoms. The molecule has 0 aromatic heterocycles. The van der Waals surface area contributed by atoms with Crippen molar-refractivity contribution >= 4 is 11.9 Å². The molecule has 1 saturated heterocycles. The van der Waals surface area contributed by atoms with Gasteiger partial charge in [-0.2, -0.15) is 9.78 Å². The fraction of sp³-hybridized carbons (Fsp3) is 0.917. The van der Waals surface area contributed by atoms with Crippen LogP contribution in [-0.4, -0.2) is 17.7 Å². The normalized spacial score (nSPS) is 14.5. The van der Waals surface area contributed by atoms with Crippen LogP contribution in [0, 0.1) is 0 Å². The number of unbranched alkanes of at least 4 members (excludes halogenated alkanes) is 15. The number of carbonyl (C=O) groups excluding carboxylic acids is 2. The zero-order valence-corrected chi connectivity index (χ0v) is 19.4. The zero-order valence-electron chi connectivity index (χ0n) is 19.4. The van der Waals surface area contributed by atoms with Crippen LogP contribution in [0.4, 0.5) is 0 Å². The summed E-state index contributed by atoms with van der Waals surface area (Å²) in [7, 11) is 0. The van der Waals surface area contributed by atoms with E-state index in [-0.39, 0.29) is 6.42 Å². The first-order valence-corrected chi connectivity index (χ1v) is 12.4. The molecule has 6 nitrogen and oxygen atoms in total. The average Bonchev–Trinajstić information content (AvgIpc) is 3.54. The van der Waals surface area contributed by atoms with E-state index < -0.39 is 17.7 Å². The molecular weight excluding hydrogens is 384 g/mol. The summed E-state index contributed by atoms with van der Waals surface area (Å²) in [6, 6.07) is 0. The Morgan fingerprint density at radius 2 is 1.03 bits per heavy atom.